The highest BCUT2D eigenvalue weighted by Crippen LogP contribution is 2.42. The fourth-order valence-corrected chi connectivity index (χ4v) is 5.22. The van der Waals surface area contributed by atoms with Gasteiger partial charge in [0.05, 0.1) is 29.0 Å². The number of anilines is 1. The van der Waals surface area contributed by atoms with Crippen molar-refractivity contribution in [3.63, 3.8) is 0 Å². The van der Waals surface area contributed by atoms with E-state index in [4.69, 9.17) is 38.7 Å². The topological polar surface area (TPSA) is 73.4 Å². The van der Waals surface area contributed by atoms with Gasteiger partial charge in [-0.25, -0.2) is 4.98 Å². The predicted molar refractivity (Wildman–Crippen MR) is 118 cm³/mol. The molecule has 2 N–H and O–H groups in total. The van der Waals surface area contributed by atoms with Gasteiger partial charge in [0.25, 0.3) is 5.56 Å². The third kappa shape index (κ3) is 3.44. The zero-order valence-corrected chi connectivity index (χ0v) is 18.6. The van der Waals surface area contributed by atoms with Crippen molar-refractivity contribution in [2.75, 3.05) is 24.6 Å². The second-order valence-electron chi connectivity index (χ2n) is 8.46. The van der Waals surface area contributed by atoms with Gasteiger partial charge in [0.2, 0.25) is 0 Å². The number of nitrogens with zero attached hydrogens (tertiary/aromatic N) is 3. The standard InChI is InChI=1S/C21H28Cl2N4O2/c1-12-19(26-9-7-21(8-10-26)11-29-13(2)18(21)24)25-14(3)27(20(12)28)16-6-4-5-15(22)17(16)23/h4-6,13,15,17-18H,7-11,24H2,1-3H3/t13-,15-,17?,18+/m0/s1. The molecule has 4 atom stereocenters. The first-order valence-electron chi connectivity index (χ1n) is 10.1. The van der Waals surface area contributed by atoms with E-state index in [0.29, 0.717) is 23.7 Å². The maximum Gasteiger partial charge on any atom is 0.262 e. The van der Waals surface area contributed by atoms with Crippen LogP contribution in [0.4, 0.5) is 5.82 Å². The van der Waals surface area contributed by atoms with Crippen molar-refractivity contribution in [1.82, 2.24) is 9.55 Å². The summed E-state index contributed by atoms with van der Waals surface area (Å²) in [6.45, 7) is 8.06. The van der Waals surface area contributed by atoms with Crippen molar-refractivity contribution in [2.24, 2.45) is 11.1 Å². The molecule has 1 unspecified atom stereocenters. The number of aryl methyl sites for hydroxylation is 1. The van der Waals surface area contributed by atoms with E-state index in [0.717, 1.165) is 31.7 Å². The monoisotopic (exact) mass is 438 g/mol. The van der Waals surface area contributed by atoms with E-state index in [1.807, 2.05) is 39.0 Å². The molecule has 2 saturated heterocycles. The molecule has 0 saturated carbocycles. The molecule has 0 radical (unpaired) electrons. The number of hydrogen-bond donors (Lipinski definition) is 1. The largest absolute Gasteiger partial charge is 0.376 e. The van der Waals surface area contributed by atoms with Crippen LogP contribution in [0.3, 0.4) is 0 Å². The molecule has 4 rings (SSSR count). The number of nitrogens with two attached hydrogens (primary N) is 1. The van der Waals surface area contributed by atoms with Gasteiger partial charge in [-0.1, -0.05) is 12.2 Å². The highest BCUT2D eigenvalue weighted by Gasteiger charge is 2.47. The number of allylic oxidation sites excluding steroid dienone is 4. The Hall–Kier alpha value is -1.34. The van der Waals surface area contributed by atoms with Crippen LogP contribution in [0.5, 0.6) is 0 Å². The van der Waals surface area contributed by atoms with Crippen molar-refractivity contribution >= 4 is 34.7 Å². The van der Waals surface area contributed by atoms with E-state index >= 15 is 0 Å². The summed E-state index contributed by atoms with van der Waals surface area (Å²) in [7, 11) is 0. The van der Waals surface area contributed by atoms with Crippen LogP contribution in [0.25, 0.3) is 5.70 Å². The third-order valence-electron chi connectivity index (χ3n) is 6.74. The number of hydrogen-bond acceptors (Lipinski definition) is 5. The quantitative estimate of drug-likeness (QED) is 0.718. The average Bonchev–Trinajstić information content (AvgIpc) is 2.97. The SMILES string of the molecule is Cc1c(N2CCC3(CC2)CO[C@@H](C)[C@H]3N)nc(C)n(C2=CC=C[C@H](Cl)C2Cl)c1=O. The minimum atomic E-state index is -0.481. The second-order valence-corrected chi connectivity index (χ2v) is 9.44. The lowest BCUT2D eigenvalue weighted by Crippen LogP contribution is -2.51. The molecule has 1 aromatic rings. The Bertz CT molecular complexity index is 918. The average molecular weight is 439 g/mol. The maximum atomic E-state index is 13.2. The first-order valence-corrected chi connectivity index (χ1v) is 11.0. The maximum absolute atomic E-state index is 13.2. The molecule has 3 heterocycles. The van der Waals surface area contributed by atoms with Crippen LogP contribution in [0.2, 0.25) is 0 Å². The molecule has 29 heavy (non-hydrogen) atoms. The summed E-state index contributed by atoms with van der Waals surface area (Å²) in [5.41, 5.74) is 7.66. The molecule has 2 fully saturated rings. The summed E-state index contributed by atoms with van der Waals surface area (Å²) in [5, 5.41) is -0.840. The Morgan fingerprint density at radius 2 is 1.97 bits per heavy atom. The van der Waals surface area contributed by atoms with Crippen LogP contribution in [0, 0.1) is 19.3 Å². The van der Waals surface area contributed by atoms with Crippen LogP contribution < -0.4 is 16.2 Å². The van der Waals surface area contributed by atoms with Gasteiger partial charge in [0, 0.05) is 30.2 Å². The summed E-state index contributed by atoms with van der Waals surface area (Å²) < 4.78 is 7.40. The molecule has 1 spiro atoms. The van der Waals surface area contributed by atoms with E-state index < -0.39 is 5.38 Å². The van der Waals surface area contributed by atoms with Gasteiger partial charge in [-0.15, -0.1) is 23.2 Å². The molecule has 8 heteroatoms. The van der Waals surface area contributed by atoms with Crippen molar-refractivity contribution in [3.05, 3.63) is 40.0 Å². The normalized spacial score (nSPS) is 31.4. The molecule has 1 aliphatic carbocycles. The fourth-order valence-electron chi connectivity index (χ4n) is 4.76. The molecule has 1 aromatic heterocycles. The molecule has 3 aliphatic rings. The lowest BCUT2D eigenvalue weighted by Gasteiger charge is -2.42. The number of ether oxygens (including phenoxy) is 1. The smallest absolute Gasteiger partial charge is 0.262 e. The zero-order valence-electron chi connectivity index (χ0n) is 17.1. The summed E-state index contributed by atoms with van der Waals surface area (Å²) in [6.07, 6.45) is 7.46. The molecule has 0 bridgehead atoms. The number of rotatable bonds is 2. The minimum Gasteiger partial charge on any atom is -0.376 e. The lowest BCUT2D eigenvalue weighted by molar-refractivity contribution is 0.0974. The molecule has 2 aliphatic heterocycles. The van der Waals surface area contributed by atoms with E-state index in [2.05, 4.69) is 4.90 Å². The van der Waals surface area contributed by atoms with Gasteiger partial charge >= 0.3 is 0 Å². The van der Waals surface area contributed by atoms with Crippen LogP contribution in [0.15, 0.2) is 23.0 Å². The lowest BCUT2D eigenvalue weighted by atomic mass is 9.73. The van der Waals surface area contributed by atoms with Gasteiger partial charge in [-0.05, 0) is 39.7 Å². The Kier molecular flexibility index (Phi) is 5.57. The first kappa shape index (κ1) is 20.9. The Labute approximate surface area is 181 Å². The number of halogens is 2. The second kappa shape index (κ2) is 7.73. The van der Waals surface area contributed by atoms with E-state index in [1.54, 1.807) is 4.57 Å². The molecular formula is C21H28Cl2N4O2. The van der Waals surface area contributed by atoms with Crippen LogP contribution in [-0.4, -0.2) is 52.1 Å². The van der Waals surface area contributed by atoms with Crippen LogP contribution in [0.1, 0.15) is 31.2 Å². The van der Waals surface area contributed by atoms with Gasteiger partial charge in [-0.3, -0.25) is 9.36 Å². The summed E-state index contributed by atoms with van der Waals surface area (Å²) >= 11 is 12.7. The van der Waals surface area contributed by atoms with Gasteiger partial charge in [-0.2, -0.15) is 0 Å². The highest BCUT2D eigenvalue weighted by molar-refractivity contribution is 6.34. The molecule has 0 amide bonds. The first-order chi connectivity index (χ1) is 13.7. The fraction of sp³-hybridized carbons (Fsp3) is 0.619. The summed E-state index contributed by atoms with van der Waals surface area (Å²) in [5.74, 6) is 1.36. The van der Waals surface area contributed by atoms with Gasteiger partial charge < -0.3 is 15.4 Å². The number of piperidine rings is 1. The molecule has 158 valence electrons. The molecule has 0 aromatic carbocycles. The van der Waals surface area contributed by atoms with Crippen molar-refractivity contribution in [3.8, 4) is 0 Å². The Morgan fingerprint density at radius 3 is 2.59 bits per heavy atom. The minimum absolute atomic E-state index is 0.0360. The van der Waals surface area contributed by atoms with Crippen molar-refractivity contribution in [2.45, 2.75) is 56.5 Å². The van der Waals surface area contributed by atoms with E-state index in [9.17, 15) is 4.79 Å². The summed E-state index contributed by atoms with van der Waals surface area (Å²) in [6, 6.07) is 0.0592. The highest BCUT2D eigenvalue weighted by atomic mass is 35.5. The van der Waals surface area contributed by atoms with Gasteiger partial charge in [0.15, 0.2) is 0 Å². The predicted octanol–water partition coefficient (Wildman–Crippen LogP) is 2.82. The third-order valence-corrected chi connectivity index (χ3v) is 7.76. The van der Waals surface area contributed by atoms with Crippen molar-refractivity contribution < 1.29 is 4.74 Å². The van der Waals surface area contributed by atoms with E-state index in [1.165, 1.54) is 0 Å². The number of alkyl halides is 2. The zero-order chi connectivity index (χ0) is 20.9. The van der Waals surface area contributed by atoms with Gasteiger partial charge in [0.1, 0.15) is 11.6 Å². The van der Waals surface area contributed by atoms with Crippen LogP contribution in [-0.2, 0) is 4.74 Å². The number of aromatic nitrogens is 2. The molecular weight excluding hydrogens is 411 g/mol. The van der Waals surface area contributed by atoms with Crippen molar-refractivity contribution in [1.29, 1.82) is 0 Å². The molecule has 6 nitrogen and oxygen atoms in total. The van der Waals surface area contributed by atoms with Crippen LogP contribution >= 0.6 is 23.2 Å². The Morgan fingerprint density at radius 1 is 1.28 bits per heavy atom. The summed E-state index contributed by atoms with van der Waals surface area (Å²) in [4.78, 5) is 20.2. The Balaban J connectivity index is 1.62. The van der Waals surface area contributed by atoms with E-state index in [-0.39, 0.29) is 28.5 Å².